The number of hydrogen-bond acceptors (Lipinski definition) is 3. The number of hydrazine groups is 1. The van der Waals surface area contributed by atoms with Gasteiger partial charge in [-0.2, -0.15) is 0 Å². The van der Waals surface area contributed by atoms with Crippen LogP contribution >= 0.6 is 0 Å². The molecule has 1 aliphatic rings. The Morgan fingerprint density at radius 3 is 2.31 bits per heavy atom. The van der Waals surface area contributed by atoms with Crippen LogP contribution < -0.4 is 16.9 Å². The number of nitrogens with two attached hydrogens (primary N) is 2. The summed E-state index contributed by atoms with van der Waals surface area (Å²) in [4.78, 5) is 3.92. The molecule has 0 heterocycles. The molecule has 1 fully saturated rings. The van der Waals surface area contributed by atoms with Crippen LogP contribution in [0.2, 0.25) is 0 Å². The van der Waals surface area contributed by atoms with Gasteiger partial charge < -0.3 is 11.5 Å². The lowest BCUT2D eigenvalue weighted by molar-refractivity contribution is 0.140. The Morgan fingerprint density at radius 1 is 1.19 bits per heavy atom. The molecule has 0 aliphatic heterocycles. The standard InChI is InChI=1S/C11H25N5/c1-16(15-9-14-11(12)13)10-7-5-3-2-4-6-8-10/h10,15H,2-9H2,1H3,(H4,12,13,14). The SMILES string of the molecule is CN(NCN=C(N)N)C1CCCCCCC1. The van der Waals surface area contributed by atoms with Crippen LogP contribution in [0.25, 0.3) is 0 Å². The molecule has 0 aromatic rings. The zero-order valence-corrected chi connectivity index (χ0v) is 10.3. The minimum absolute atomic E-state index is 0.138. The molecule has 1 saturated carbocycles. The predicted octanol–water partition coefficient (Wildman–Crippen LogP) is 0.767. The van der Waals surface area contributed by atoms with E-state index in [1.807, 2.05) is 0 Å². The first-order valence-corrected chi connectivity index (χ1v) is 6.22. The molecule has 0 bridgehead atoms. The third-order valence-electron chi connectivity index (χ3n) is 3.20. The molecular formula is C11H25N5. The van der Waals surface area contributed by atoms with Crippen LogP contribution in [-0.4, -0.2) is 30.7 Å². The molecule has 5 N–H and O–H groups in total. The van der Waals surface area contributed by atoms with Crippen molar-refractivity contribution in [2.24, 2.45) is 16.5 Å². The van der Waals surface area contributed by atoms with Crippen LogP contribution in [0.5, 0.6) is 0 Å². The summed E-state index contributed by atoms with van der Waals surface area (Å²) in [5, 5.41) is 2.16. The summed E-state index contributed by atoms with van der Waals surface area (Å²) >= 11 is 0. The third kappa shape index (κ3) is 5.32. The van der Waals surface area contributed by atoms with E-state index < -0.39 is 0 Å². The van der Waals surface area contributed by atoms with E-state index in [-0.39, 0.29) is 5.96 Å². The number of nitrogens with zero attached hydrogens (tertiary/aromatic N) is 2. The topological polar surface area (TPSA) is 79.7 Å². The lowest BCUT2D eigenvalue weighted by atomic mass is 9.96. The minimum atomic E-state index is 0.138. The fraction of sp³-hybridized carbons (Fsp3) is 0.909. The Labute approximate surface area is 98.2 Å². The number of hydrogen-bond donors (Lipinski definition) is 3. The van der Waals surface area contributed by atoms with Crippen molar-refractivity contribution < 1.29 is 0 Å². The van der Waals surface area contributed by atoms with Gasteiger partial charge in [-0.05, 0) is 12.8 Å². The van der Waals surface area contributed by atoms with E-state index >= 15 is 0 Å². The van der Waals surface area contributed by atoms with Gasteiger partial charge in [-0.3, -0.25) is 0 Å². The van der Waals surface area contributed by atoms with Crippen molar-refractivity contribution in [3.05, 3.63) is 0 Å². The first kappa shape index (κ1) is 13.3. The highest BCUT2D eigenvalue weighted by Gasteiger charge is 2.15. The normalized spacial score (nSPS) is 19.1. The molecule has 5 nitrogen and oxygen atoms in total. The van der Waals surface area contributed by atoms with Crippen molar-refractivity contribution >= 4 is 5.96 Å². The maximum atomic E-state index is 5.27. The molecule has 0 unspecified atom stereocenters. The van der Waals surface area contributed by atoms with Gasteiger partial charge >= 0.3 is 0 Å². The average molecular weight is 227 g/mol. The van der Waals surface area contributed by atoms with Gasteiger partial charge in [0.1, 0.15) is 6.67 Å². The second-order valence-corrected chi connectivity index (χ2v) is 4.51. The molecule has 1 rings (SSSR count). The summed E-state index contributed by atoms with van der Waals surface area (Å²) in [5.41, 5.74) is 13.8. The summed E-state index contributed by atoms with van der Waals surface area (Å²) in [7, 11) is 2.08. The molecular weight excluding hydrogens is 202 g/mol. The molecule has 1 aliphatic carbocycles. The van der Waals surface area contributed by atoms with Gasteiger partial charge in [0.2, 0.25) is 0 Å². The van der Waals surface area contributed by atoms with Crippen LogP contribution in [0.1, 0.15) is 44.9 Å². The van der Waals surface area contributed by atoms with Crippen molar-refractivity contribution in [3.8, 4) is 0 Å². The maximum Gasteiger partial charge on any atom is 0.187 e. The van der Waals surface area contributed by atoms with Crippen molar-refractivity contribution in [1.82, 2.24) is 10.4 Å². The maximum absolute atomic E-state index is 5.27. The molecule has 0 amide bonds. The Bertz CT molecular complexity index is 204. The molecule has 0 saturated heterocycles. The fourth-order valence-corrected chi connectivity index (χ4v) is 2.19. The van der Waals surface area contributed by atoms with Gasteiger partial charge in [0.25, 0.3) is 0 Å². The Hall–Kier alpha value is -0.810. The molecule has 16 heavy (non-hydrogen) atoms. The summed E-state index contributed by atoms with van der Waals surface area (Å²) in [6.07, 6.45) is 9.35. The summed E-state index contributed by atoms with van der Waals surface area (Å²) in [5.74, 6) is 0.138. The fourth-order valence-electron chi connectivity index (χ4n) is 2.19. The molecule has 94 valence electrons. The van der Waals surface area contributed by atoms with Crippen LogP contribution in [0, 0.1) is 0 Å². The number of guanidine groups is 1. The van der Waals surface area contributed by atoms with Crippen molar-refractivity contribution in [2.45, 2.75) is 51.0 Å². The van der Waals surface area contributed by atoms with Crippen LogP contribution in [-0.2, 0) is 0 Å². The van der Waals surface area contributed by atoms with E-state index in [4.69, 9.17) is 11.5 Å². The number of nitrogens with one attached hydrogen (secondary N) is 1. The van der Waals surface area contributed by atoms with E-state index in [1.165, 1.54) is 44.9 Å². The summed E-state index contributed by atoms with van der Waals surface area (Å²) in [6, 6.07) is 0.620. The monoisotopic (exact) mass is 227 g/mol. The van der Waals surface area contributed by atoms with Gasteiger partial charge in [0.15, 0.2) is 5.96 Å². The van der Waals surface area contributed by atoms with Crippen LogP contribution in [0.3, 0.4) is 0 Å². The highest BCUT2D eigenvalue weighted by atomic mass is 15.5. The second kappa shape index (κ2) is 7.46. The molecule has 0 aromatic carbocycles. The average Bonchev–Trinajstić information content (AvgIpc) is 2.15. The quantitative estimate of drug-likeness (QED) is 0.376. The summed E-state index contributed by atoms with van der Waals surface area (Å²) < 4.78 is 0. The summed E-state index contributed by atoms with van der Waals surface area (Å²) in [6.45, 7) is 0.468. The van der Waals surface area contributed by atoms with E-state index in [1.54, 1.807) is 0 Å². The van der Waals surface area contributed by atoms with Crippen LogP contribution in [0.4, 0.5) is 0 Å². The molecule has 5 heteroatoms. The zero-order chi connectivity index (χ0) is 11.8. The first-order chi connectivity index (χ1) is 7.70. The molecule has 0 radical (unpaired) electrons. The van der Waals surface area contributed by atoms with Gasteiger partial charge in [0, 0.05) is 13.1 Å². The predicted molar refractivity (Wildman–Crippen MR) is 67.7 cm³/mol. The Morgan fingerprint density at radius 2 is 1.75 bits per heavy atom. The lowest BCUT2D eigenvalue weighted by Crippen LogP contribution is -2.43. The lowest BCUT2D eigenvalue weighted by Gasteiger charge is -2.29. The van der Waals surface area contributed by atoms with Gasteiger partial charge in [-0.15, -0.1) is 0 Å². The Kier molecular flexibility index (Phi) is 6.18. The highest BCUT2D eigenvalue weighted by molar-refractivity contribution is 5.75. The zero-order valence-electron chi connectivity index (χ0n) is 10.3. The number of rotatable bonds is 4. The molecule has 0 spiro atoms. The van der Waals surface area contributed by atoms with E-state index in [0.29, 0.717) is 12.7 Å². The van der Waals surface area contributed by atoms with E-state index in [0.717, 1.165) is 0 Å². The largest absolute Gasteiger partial charge is 0.370 e. The van der Waals surface area contributed by atoms with Crippen LogP contribution in [0.15, 0.2) is 4.99 Å². The van der Waals surface area contributed by atoms with Crippen molar-refractivity contribution in [2.75, 3.05) is 13.7 Å². The van der Waals surface area contributed by atoms with Crippen molar-refractivity contribution in [1.29, 1.82) is 0 Å². The van der Waals surface area contributed by atoms with Gasteiger partial charge in [0.05, 0.1) is 0 Å². The minimum Gasteiger partial charge on any atom is -0.370 e. The number of aliphatic imine (C=N–C) groups is 1. The first-order valence-electron chi connectivity index (χ1n) is 6.22. The molecule has 0 aromatic heterocycles. The smallest absolute Gasteiger partial charge is 0.187 e. The Balaban J connectivity index is 2.27. The van der Waals surface area contributed by atoms with E-state index in [9.17, 15) is 0 Å². The second-order valence-electron chi connectivity index (χ2n) is 4.51. The van der Waals surface area contributed by atoms with E-state index in [2.05, 4.69) is 22.5 Å². The van der Waals surface area contributed by atoms with Gasteiger partial charge in [-0.25, -0.2) is 15.4 Å². The third-order valence-corrected chi connectivity index (χ3v) is 3.20. The van der Waals surface area contributed by atoms with Crippen molar-refractivity contribution in [3.63, 3.8) is 0 Å². The molecule has 0 atom stereocenters. The highest BCUT2D eigenvalue weighted by Crippen LogP contribution is 2.19. The van der Waals surface area contributed by atoms with Gasteiger partial charge in [-0.1, -0.05) is 32.1 Å².